The highest BCUT2D eigenvalue weighted by Gasteiger charge is 2.35. The SMILES string of the molecule is CN1CC(NC(=O)c2cc3nc(-c4cccc5[nH]ncc45)nc(N4CCOCC4)c3s2)C1=O. The molecule has 6 rings (SSSR count). The number of nitrogens with one attached hydrogen (secondary N) is 2. The Morgan fingerprint density at radius 2 is 2.12 bits per heavy atom. The van der Waals surface area contributed by atoms with Gasteiger partial charge in [-0.05, 0) is 12.1 Å². The molecule has 2 amide bonds. The third kappa shape index (κ3) is 3.40. The van der Waals surface area contributed by atoms with Gasteiger partial charge < -0.3 is 19.9 Å². The maximum atomic E-state index is 12.9. The number of carbonyl (C=O) groups excluding carboxylic acids is 2. The number of likely N-dealkylation sites (N-methyl/N-ethyl adjacent to an activating group) is 1. The Bertz CT molecular complexity index is 1390. The summed E-state index contributed by atoms with van der Waals surface area (Å²) in [6, 6.07) is 7.19. The van der Waals surface area contributed by atoms with Gasteiger partial charge in [-0.2, -0.15) is 5.10 Å². The number of hydrogen-bond donors (Lipinski definition) is 2. The first-order valence-electron chi connectivity index (χ1n) is 10.7. The number of ether oxygens (including phenoxy) is 1. The number of β-lactam (4-membered cyclic amide) rings is 1. The fourth-order valence-corrected chi connectivity index (χ4v) is 5.25. The van der Waals surface area contributed by atoms with Gasteiger partial charge in [0.1, 0.15) is 6.04 Å². The number of amides is 2. The molecule has 2 fully saturated rings. The lowest BCUT2D eigenvalue weighted by Crippen LogP contribution is -2.62. The maximum Gasteiger partial charge on any atom is 0.262 e. The van der Waals surface area contributed by atoms with Crippen LogP contribution in [0.5, 0.6) is 0 Å². The van der Waals surface area contributed by atoms with Gasteiger partial charge in [-0.15, -0.1) is 11.3 Å². The number of rotatable bonds is 4. The number of aromatic amines is 1. The maximum absolute atomic E-state index is 12.9. The van der Waals surface area contributed by atoms with Crippen LogP contribution in [0.25, 0.3) is 32.5 Å². The Kier molecular flexibility index (Phi) is 4.73. The van der Waals surface area contributed by atoms with Gasteiger partial charge in [-0.1, -0.05) is 12.1 Å². The molecule has 10 nitrogen and oxygen atoms in total. The average Bonchev–Trinajstić information content (AvgIpc) is 3.50. The van der Waals surface area contributed by atoms with E-state index in [2.05, 4.69) is 20.4 Å². The normalized spacial score (nSPS) is 18.7. The van der Waals surface area contributed by atoms with E-state index in [1.807, 2.05) is 18.2 Å². The molecule has 2 aliphatic heterocycles. The number of hydrogen-bond acceptors (Lipinski definition) is 8. The second-order valence-corrected chi connectivity index (χ2v) is 9.23. The Morgan fingerprint density at radius 3 is 2.91 bits per heavy atom. The van der Waals surface area contributed by atoms with E-state index < -0.39 is 6.04 Å². The van der Waals surface area contributed by atoms with Gasteiger partial charge in [-0.25, -0.2) is 9.97 Å². The molecule has 1 unspecified atom stereocenters. The summed E-state index contributed by atoms with van der Waals surface area (Å²) in [6.45, 7) is 3.18. The van der Waals surface area contributed by atoms with Crippen LogP contribution in [0.1, 0.15) is 9.67 Å². The van der Waals surface area contributed by atoms with E-state index in [0.717, 1.165) is 27.0 Å². The van der Waals surface area contributed by atoms with Crippen molar-refractivity contribution in [3.63, 3.8) is 0 Å². The molecule has 11 heteroatoms. The zero-order chi connectivity index (χ0) is 22.5. The topological polar surface area (TPSA) is 116 Å². The predicted octanol–water partition coefficient (Wildman–Crippen LogP) is 1.64. The number of H-pyrrole nitrogens is 1. The first kappa shape index (κ1) is 20.1. The predicted molar refractivity (Wildman–Crippen MR) is 124 cm³/mol. The van der Waals surface area contributed by atoms with Crippen molar-refractivity contribution in [2.45, 2.75) is 6.04 Å². The van der Waals surface area contributed by atoms with Crippen molar-refractivity contribution in [2.75, 3.05) is 44.8 Å². The van der Waals surface area contributed by atoms with Crippen LogP contribution in [0.3, 0.4) is 0 Å². The Labute approximate surface area is 192 Å². The first-order valence-corrected chi connectivity index (χ1v) is 11.5. The quantitative estimate of drug-likeness (QED) is 0.442. The van der Waals surface area contributed by atoms with Gasteiger partial charge in [-0.3, -0.25) is 14.7 Å². The minimum atomic E-state index is -0.466. The fourth-order valence-electron chi connectivity index (χ4n) is 4.23. The largest absolute Gasteiger partial charge is 0.378 e. The standard InChI is InChI=1S/C22H21N7O3S/c1-28-11-16(22(28)31)25-21(30)17-9-15-18(33-17)20(29-5-7-32-8-6-29)26-19(24-15)12-3-2-4-14-13(12)10-23-27-14/h2-4,9-10,16H,5-8,11H2,1H3,(H,23,27)(H,25,30). The summed E-state index contributed by atoms with van der Waals surface area (Å²) >= 11 is 1.35. The van der Waals surface area contributed by atoms with Crippen LogP contribution in [0.4, 0.5) is 5.82 Å². The summed E-state index contributed by atoms with van der Waals surface area (Å²) in [6.07, 6.45) is 1.77. The molecule has 0 spiro atoms. The highest BCUT2D eigenvalue weighted by molar-refractivity contribution is 7.21. The Morgan fingerprint density at radius 1 is 1.27 bits per heavy atom. The Balaban J connectivity index is 1.44. The summed E-state index contributed by atoms with van der Waals surface area (Å²) in [7, 11) is 1.72. The van der Waals surface area contributed by atoms with Gasteiger partial charge in [0.05, 0.1) is 40.0 Å². The number of thiophene rings is 1. The minimum absolute atomic E-state index is 0.0752. The average molecular weight is 464 g/mol. The molecule has 33 heavy (non-hydrogen) atoms. The molecule has 2 aliphatic rings. The molecule has 0 radical (unpaired) electrons. The lowest BCUT2D eigenvalue weighted by atomic mass is 10.1. The van der Waals surface area contributed by atoms with Crippen molar-refractivity contribution < 1.29 is 14.3 Å². The monoisotopic (exact) mass is 463 g/mol. The van der Waals surface area contributed by atoms with Crippen LogP contribution in [-0.2, 0) is 9.53 Å². The van der Waals surface area contributed by atoms with E-state index in [-0.39, 0.29) is 11.8 Å². The van der Waals surface area contributed by atoms with Crippen LogP contribution < -0.4 is 10.2 Å². The molecule has 1 atom stereocenters. The zero-order valence-electron chi connectivity index (χ0n) is 17.9. The van der Waals surface area contributed by atoms with Crippen molar-refractivity contribution in [1.29, 1.82) is 0 Å². The molecule has 2 saturated heterocycles. The van der Waals surface area contributed by atoms with Gasteiger partial charge in [0.2, 0.25) is 5.91 Å². The lowest BCUT2D eigenvalue weighted by Gasteiger charge is -2.35. The number of carbonyl (C=O) groups is 2. The fraction of sp³-hybridized carbons (Fsp3) is 0.318. The summed E-state index contributed by atoms with van der Waals surface area (Å²) < 4.78 is 6.38. The molecule has 4 aromatic rings. The minimum Gasteiger partial charge on any atom is -0.378 e. The number of fused-ring (bicyclic) bond motifs is 2. The van der Waals surface area contributed by atoms with Crippen molar-refractivity contribution in [3.8, 4) is 11.4 Å². The van der Waals surface area contributed by atoms with Gasteiger partial charge >= 0.3 is 0 Å². The number of anilines is 1. The first-order chi connectivity index (χ1) is 16.1. The van der Waals surface area contributed by atoms with Crippen molar-refractivity contribution in [1.82, 2.24) is 30.4 Å². The van der Waals surface area contributed by atoms with Crippen LogP contribution >= 0.6 is 11.3 Å². The summed E-state index contributed by atoms with van der Waals surface area (Å²) in [4.78, 5) is 38.8. The molecule has 3 aromatic heterocycles. The molecule has 0 saturated carbocycles. The molecule has 1 aromatic carbocycles. The second-order valence-electron chi connectivity index (χ2n) is 8.18. The number of likely N-dealkylation sites (tertiary alicyclic amines) is 1. The van der Waals surface area contributed by atoms with Crippen molar-refractivity contribution in [3.05, 3.63) is 35.3 Å². The summed E-state index contributed by atoms with van der Waals surface area (Å²) in [5.41, 5.74) is 2.48. The van der Waals surface area contributed by atoms with E-state index >= 15 is 0 Å². The third-order valence-corrected chi connectivity index (χ3v) is 7.17. The second kappa shape index (κ2) is 7.78. The number of nitrogens with zero attached hydrogens (tertiary/aromatic N) is 5. The van der Waals surface area contributed by atoms with E-state index in [1.54, 1.807) is 24.2 Å². The van der Waals surface area contributed by atoms with E-state index in [1.165, 1.54) is 11.3 Å². The van der Waals surface area contributed by atoms with Gasteiger partial charge in [0.15, 0.2) is 11.6 Å². The summed E-state index contributed by atoms with van der Waals surface area (Å²) in [5.74, 6) is 1.03. The van der Waals surface area contributed by atoms with Crippen LogP contribution in [0, 0.1) is 0 Å². The third-order valence-electron chi connectivity index (χ3n) is 6.05. The van der Waals surface area contributed by atoms with Crippen LogP contribution in [-0.4, -0.2) is 82.8 Å². The molecule has 2 N–H and O–H groups in total. The Hall–Kier alpha value is -3.57. The van der Waals surface area contributed by atoms with Crippen LogP contribution in [0.15, 0.2) is 30.5 Å². The van der Waals surface area contributed by atoms with Gasteiger partial charge in [0.25, 0.3) is 5.91 Å². The lowest BCUT2D eigenvalue weighted by molar-refractivity contribution is -0.141. The molecular formula is C22H21N7O3S. The number of benzene rings is 1. The highest BCUT2D eigenvalue weighted by atomic mass is 32.1. The molecule has 0 bridgehead atoms. The molecular weight excluding hydrogens is 442 g/mol. The van der Waals surface area contributed by atoms with Crippen LogP contribution in [0.2, 0.25) is 0 Å². The van der Waals surface area contributed by atoms with E-state index in [4.69, 9.17) is 14.7 Å². The molecule has 168 valence electrons. The zero-order valence-corrected chi connectivity index (χ0v) is 18.7. The van der Waals surface area contributed by atoms with Gasteiger partial charge in [0, 0.05) is 37.6 Å². The number of morpholine rings is 1. The van der Waals surface area contributed by atoms with E-state index in [0.29, 0.717) is 49.1 Å². The number of aromatic nitrogens is 4. The molecule has 5 heterocycles. The highest BCUT2D eigenvalue weighted by Crippen LogP contribution is 2.36. The van der Waals surface area contributed by atoms with E-state index in [9.17, 15) is 9.59 Å². The van der Waals surface area contributed by atoms with Crippen molar-refractivity contribution >= 4 is 50.1 Å². The van der Waals surface area contributed by atoms with Crippen molar-refractivity contribution in [2.24, 2.45) is 0 Å². The smallest absolute Gasteiger partial charge is 0.262 e. The summed E-state index contributed by atoms with van der Waals surface area (Å²) in [5, 5.41) is 10.9. The molecule has 0 aliphatic carbocycles.